The van der Waals surface area contributed by atoms with E-state index in [1.165, 1.54) is 11.1 Å². The highest BCUT2D eigenvalue weighted by molar-refractivity contribution is 8.76. The Labute approximate surface area is 347 Å². The summed E-state index contributed by atoms with van der Waals surface area (Å²) in [5, 5.41) is 0. The van der Waals surface area contributed by atoms with Gasteiger partial charge in [0.2, 0.25) is 0 Å². The molecule has 1 heterocycles. The zero-order chi connectivity index (χ0) is 42.6. The molecule has 2 aromatic rings. The first-order valence-electron chi connectivity index (χ1n) is 20.4. The standard InChI is InChI=1S/C42H52F9NO5S2/c1-3-20-52(29-18-24-58-59-26-29)37(53)57-30-10-7-27(8-11-30)6-4-21-54-31-12-14-32-28(25-31)9-13-34-33(32)17-19-38(2)35(34)15-16-36(38)55-22-5-23-56-39(40(43,44)45,41(46,47)48)42(49,50)51/h7-8,10-12,14,25,29,33-36H,3-6,9,13,15-24,26H2,1-2H3/t29?,33-,34-,35+,36+,38+/m1/s1. The number of carbonyl (C=O) groups excluding carboxylic acids is 1. The van der Waals surface area contributed by atoms with E-state index in [1.54, 1.807) is 10.8 Å². The first-order chi connectivity index (χ1) is 27.9. The molecule has 0 spiro atoms. The van der Waals surface area contributed by atoms with Crippen LogP contribution in [0.15, 0.2) is 42.5 Å². The van der Waals surface area contributed by atoms with Gasteiger partial charge in [0.05, 0.1) is 19.3 Å². The van der Waals surface area contributed by atoms with Gasteiger partial charge in [-0.3, -0.25) is 0 Å². The van der Waals surface area contributed by atoms with Crippen LogP contribution in [0.1, 0.15) is 94.2 Å². The van der Waals surface area contributed by atoms with Crippen molar-refractivity contribution in [3.05, 3.63) is 59.2 Å². The Balaban J connectivity index is 0.949. The first-order valence-corrected chi connectivity index (χ1v) is 22.9. The average molecular weight is 886 g/mol. The summed E-state index contributed by atoms with van der Waals surface area (Å²) in [4.78, 5) is 14.8. The average Bonchev–Trinajstić information content (AvgIpc) is 3.52. The molecule has 6 rings (SSSR count). The summed E-state index contributed by atoms with van der Waals surface area (Å²) >= 11 is 0. The number of amides is 1. The maximum Gasteiger partial charge on any atom is 0.435 e. The van der Waals surface area contributed by atoms with Crippen LogP contribution in [-0.4, -0.2) is 85.1 Å². The smallest absolute Gasteiger partial charge is 0.435 e. The van der Waals surface area contributed by atoms with Crippen molar-refractivity contribution in [2.45, 2.75) is 127 Å². The molecule has 1 amide bonds. The summed E-state index contributed by atoms with van der Waals surface area (Å²) in [7, 11) is 3.65. The molecule has 59 heavy (non-hydrogen) atoms. The molecule has 1 unspecified atom stereocenters. The number of ether oxygens (including phenoxy) is 4. The molecule has 4 aliphatic rings. The van der Waals surface area contributed by atoms with Crippen LogP contribution < -0.4 is 9.47 Å². The molecule has 1 aliphatic heterocycles. The predicted octanol–water partition coefficient (Wildman–Crippen LogP) is 12.1. The number of aryl methyl sites for hydroxylation is 2. The summed E-state index contributed by atoms with van der Waals surface area (Å²) in [6, 6.07) is 14.1. The number of carbonyl (C=O) groups is 1. The van der Waals surface area contributed by atoms with Gasteiger partial charge in [-0.2, -0.15) is 39.5 Å². The molecule has 2 aromatic carbocycles. The minimum absolute atomic E-state index is 0.195. The van der Waals surface area contributed by atoms with Crippen LogP contribution in [0.5, 0.6) is 11.5 Å². The van der Waals surface area contributed by atoms with Crippen molar-refractivity contribution in [2.75, 3.05) is 37.9 Å². The second-order valence-corrected chi connectivity index (χ2v) is 19.0. The van der Waals surface area contributed by atoms with Gasteiger partial charge < -0.3 is 23.8 Å². The molecule has 1 saturated heterocycles. The fourth-order valence-electron chi connectivity index (χ4n) is 9.82. The van der Waals surface area contributed by atoms with Crippen molar-refractivity contribution in [1.82, 2.24) is 4.90 Å². The number of halogens is 9. The molecule has 6 nitrogen and oxygen atoms in total. The number of hydrogen-bond donors (Lipinski definition) is 0. The Morgan fingerprint density at radius 1 is 0.831 bits per heavy atom. The molecule has 3 fully saturated rings. The van der Waals surface area contributed by atoms with Crippen LogP contribution in [0, 0.1) is 17.3 Å². The zero-order valence-corrected chi connectivity index (χ0v) is 34.8. The quantitative estimate of drug-likeness (QED) is 0.100. The maximum absolute atomic E-state index is 13.2. The van der Waals surface area contributed by atoms with E-state index in [1.807, 2.05) is 46.0 Å². The van der Waals surface area contributed by atoms with E-state index in [9.17, 15) is 44.3 Å². The number of hydrogen-bond acceptors (Lipinski definition) is 7. The van der Waals surface area contributed by atoms with Gasteiger partial charge in [0, 0.05) is 30.7 Å². The number of alkyl halides is 9. The highest BCUT2D eigenvalue weighted by atomic mass is 33.1. The van der Waals surface area contributed by atoms with Crippen molar-refractivity contribution in [3.63, 3.8) is 0 Å². The molecule has 0 bridgehead atoms. The minimum atomic E-state index is -6.75. The highest BCUT2D eigenvalue weighted by Crippen LogP contribution is 2.62. The van der Waals surface area contributed by atoms with Gasteiger partial charge in [0.15, 0.2) is 0 Å². The summed E-state index contributed by atoms with van der Waals surface area (Å²) in [5.74, 6) is 4.27. The second-order valence-electron chi connectivity index (χ2n) is 16.3. The summed E-state index contributed by atoms with van der Waals surface area (Å²) < 4.78 is 140. The van der Waals surface area contributed by atoms with Crippen LogP contribution in [-0.2, 0) is 22.3 Å². The van der Waals surface area contributed by atoms with Crippen molar-refractivity contribution in [2.24, 2.45) is 17.3 Å². The Bertz CT molecular complexity index is 1670. The Hall–Kier alpha value is -2.50. The third-order valence-corrected chi connectivity index (χ3v) is 15.3. The van der Waals surface area contributed by atoms with E-state index in [4.69, 9.17) is 14.2 Å². The van der Waals surface area contributed by atoms with Crippen molar-refractivity contribution < 1.29 is 63.3 Å². The van der Waals surface area contributed by atoms with E-state index in [2.05, 4.69) is 30.7 Å². The minimum Gasteiger partial charge on any atom is -0.494 e. The number of fused-ring (bicyclic) bond motifs is 5. The summed E-state index contributed by atoms with van der Waals surface area (Å²) in [6.45, 7) is 3.63. The van der Waals surface area contributed by atoms with Gasteiger partial charge >= 0.3 is 30.2 Å². The van der Waals surface area contributed by atoms with Crippen LogP contribution in [0.3, 0.4) is 0 Å². The molecule has 3 aliphatic carbocycles. The summed E-state index contributed by atoms with van der Waals surface area (Å²) in [6.07, 6.45) is -13.0. The molecule has 0 N–H and O–H groups in total. The van der Waals surface area contributed by atoms with E-state index < -0.39 is 37.2 Å². The van der Waals surface area contributed by atoms with Crippen LogP contribution in [0.25, 0.3) is 0 Å². The fourth-order valence-corrected chi connectivity index (χ4v) is 12.3. The molecule has 2 saturated carbocycles. The van der Waals surface area contributed by atoms with E-state index in [0.717, 1.165) is 80.6 Å². The Morgan fingerprint density at radius 2 is 1.54 bits per heavy atom. The summed E-state index contributed by atoms with van der Waals surface area (Å²) in [5.41, 5.74) is -2.86. The van der Waals surface area contributed by atoms with E-state index in [0.29, 0.717) is 37.2 Å². The molecular weight excluding hydrogens is 834 g/mol. The van der Waals surface area contributed by atoms with Crippen LogP contribution in [0.4, 0.5) is 44.3 Å². The first kappa shape index (κ1) is 46.0. The lowest BCUT2D eigenvalue weighted by atomic mass is 9.55. The fraction of sp³-hybridized carbons (Fsp3) is 0.690. The third kappa shape index (κ3) is 9.93. The maximum atomic E-state index is 13.2. The van der Waals surface area contributed by atoms with Crippen molar-refractivity contribution in [1.29, 1.82) is 0 Å². The van der Waals surface area contributed by atoms with Gasteiger partial charge in [0.25, 0.3) is 0 Å². The molecule has 6 atom stereocenters. The molecule has 0 radical (unpaired) electrons. The molecule has 330 valence electrons. The number of benzene rings is 2. The van der Waals surface area contributed by atoms with Gasteiger partial charge in [-0.15, -0.1) is 0 Å². The monoisotopic (exact) mass is 885 g/mol. The largest absolute Gasteiger partial charge is 0.494 e. The Morgan fingerprint density at radius 3 is 2.20 bits per heavy atom. The lowest BCUT2D eigenvalue weighted by Gasteiger charge is -2.50. The highest BCUT2D eigenvalue weighted by Gasteiger charge is 2.85. The third-order valence-electron chi connectivity index (χ3n) is 12.8. The number of rotatable bonds is 15. The lowest BCUT2D eigenvalue weighted by Crippen LogP contribution is -2.67. The Kier molecular flexibility index (Phi) is 14.7. The van der Waals surface area contributed by atoms with Crippen LogP contribution in [0.2, 0.25) is 0 Å². The van der Waals surface area contributed by atoms with Gasteiger partial charge in [0.1, 0.15) is 11.5 Å². The lowest BCUT2D eigenvalue weighted by molar-refractivity contribution is -0.457. The molecular formula is C42H52F9NO5S2. The van der Waals surface area contributed by atoms with Gasteiger partial charge in [-0.05, 0) is 135 Å². The van der Waals surface area contributed by atoms with Crippen molar-refractivity contribution in [3.8, 4) is 11.5 Å². The zero-order valence-electron chi connectivity index (χ0n) is 33.2. The SMILES string of the molecule is CCCN(C(=O)Oc1ccc(CCCOc2ccc3c(c2)CC[C@@H]2[C@@H]3CC[C@]3(C)[C@@H](OCCCOC(C(F)(F)F)(C(F)(F)F)C(F)(F)F)CC[C@@H]23)cc1)C1CCSSC1. The molecule has 17 heteroatoms. The van der Waals surface area contributed by atoms with Crippen molar-refractivity contribution >= 4 is 27.7 Å². The predicted molar refractivity (Wildman–Crippen MR) is 209 cm³/mol. The van der Waals surface area contributed by atoms with Gasteiger partial charge in [-0.1, -0.05) is 53.6 Å². The molecule has 0 aromatic heterocycles. The second kappa shape index (κ2) is 18.9. The normalized spacial score (nSPS) is 26.1. The van der Waals surface area contributed by atoms with E-state index >= 15 is 0 Å². The van der Waals surface area contributed by atoms with E-state index in [-0.39, 0.29) is 36.2 Å². The number of nitrogens with zero attached hydrogens (tertiary/aromatic N) is 1. The van der Waals surface area contributed by atoms with Crippen LogP contribution >= 0.6 is 21.6 Å². The topological polar surface area (TPSA) is 57.2 Å². The van der Waals surface area contributed by atoms with Gasteiger partial charge in [-0.25, -0.2) is 4.79 Å².